The summed E-state index contributed by atoms with van der Waals surface area (Å²) in [7, 11) is 3.09. The highest BCUT2D eigenvalue weighted by molar-refractivity contribution is 5.75. The first kappa shape index (κ1) is 11.5. The molecule has 0 amide bonds. The first-order chi connectivity index (χ1) is 6.69. The molecule has 0 spiro atoms. The molecular weight excluding hydrogens is 182 g/mol. The van der Waals surface area contributed by atoms with Crippen LogP contribution in [0.25, 0.3) is 0 Å². The van der Waals surface area contributed by atoms with Crippen molar-refractivity contribution in [1.29, 1.82) is 0 Å². The third kappa shape index (κ3) is 3.27. The molecule has 1 N–H and O–H groups in total. The molecule has 4 heteroatoms. The monoisotopic (exact) mass is 201 g/mol. The van der Waals surface area contributed by atoms with Gasteiger partial charge in [-0.25, -0.2) is 0 Å². The summed E-state index contributed by atoms with van der Waals surface area (Å²) in [6, 6.07) is 0.0369. The van der Waals surface area contributed by atoms with Gasteiger partial charge in [-0.15, -0.1) is 0 Å². The van der Waals surface area contributed by atoms with Gasteiger partial charge in [0.25, 0.3) is 0 Å². The summed E-state index contributed by atoms with van der Waals surface area (Å²) in [5, 5.41) is 3.23. The van der Waals surface area contributed by atoms with E-state index in [1.807, 2.05) is 6.92 Å². The summed E-state index contributed by atoms with van der Waals surface area (Å²) in [6.07, 6.45) is 2.46. The molecule has 2 atom stereocenters. The zero-order chi connectivity index (χ0) is 10.6. The van der Waals surface area contributed by atoms with E-state index in [9.17, 15) is 4.79 Å². The summed E-state index contributed by atoms with van der Waals surface area (Å²) >= 11 is 0. The average molecular weight is 201 g/mol. The molecule has 0 bridgehead atoms. The summed E-state index contributed by atoms with van der Waals surface area (Å²) in [6.45, 7) is 2.48. The van der Waals surface area contributed by atoms with Gasteiger partial charge in [0, 0.05) is 13.2 Å². The maximum Gasteiger partial charge on any atom is 0.322 e. The molecule has 0 saturated heterocycles. The van der Waals surface area contributed by atoms with E-state index in [1.165, 1.54) is 20.0 Å². The van der Waals surface area contributed by atoms with Crippen LogP contribution in [0.15, 0.2) is 0 Å². The van der Waals surface area contributed by atoms with E-state index in [2.05, 4.69) is 10.1 Å². The number of carbonyl (C=O) groups is 1. The lowest BCUT2D eigenvalue weighted by Gasteiger charge is -2.20. The Balaban J connectivity index is 2.33. The molecule has 1 aliphatic rings. The lowest BCUT2D eigenvalue weighted by Crippen LogP contribution is -2.45. The van der Waals surface area contributed by atoms with E-state index >= 15 is 0 Å². The van der Waals surface area contributed by atoms with Crippen LogP contribution in [-0.4, -0.2) is 38.9 Å². The minimum Gasteiger partial charge on any atom is -0.468 e. The molecule has 0 radical (unpaired) electrons. The first-order valence-electron chi connectivity index (χ1n) is 5.01. The topological polar surface area (TPSA) is 47.6 Å². The van der Waals surface area contributed by atoms with Crippen LogP contribution >= 0.6 is 0 Å². The second-order valence-corrected chi connectivity index (χ2v) is 3.81. The van der Waals surface area contributed by atoms with Crippen molar-refractivity contribution in [2.45, 2.75) is 31.8 Å². The van der Waals surface area contributed by atoms with Gasteiger partial charge in [-0.05, 0) is 25.7 Å². The number of nitrogens with one attached hydrogen (secondary N) is 1. The molecule has 4 nitrogen and oxygen atoms in total. The number of carbonyl (C=O) groups excluding carboxylic acids is 1. The van der Waals surface area contributed by atoms with E-state index in [0.717, 1.165) is 0 Å². The molecule has 0 aromatic carbocycles. The van der Waals surface area contributed by atoms with Crippen LogP contribution in [-0.2, 0) is 14.3 Å². The Hall–Kier alpha value is -0.610. The Labute approximate surface area is 85.0 Å². The van der Waals surface area contributed by atoms with Crippen molar-refractivity contribution in [3.63, 3.8) is 0 Å². The van der Waals surface area contributed by atoms with Crippen molar-refractivity contribution < 1.29 is 14.3 Å². The van der Waals surface area contributed by atoms with Crippen molar-refractivity contribution in [2.24, 2.45) is 5.92 Å². The van der Waals surface area contributed by atoms with Gasteiger partial charge in [0.2, 0.25) is 0 Å². The third-order valence-electron chi connectivity index (χ3n) is 2.56. The maximum absolute atomic E-state index is 11.2. The third-order valence-corrected chi connectivity index (χ3v) is 2.56. The van der Waals surface area contributed by atoms with Crippen molar-refractivity contribution in [3.05, 3.63) is 0 Å². The van der Waals surface area contributed by atoms with E-state index in [-0.39, 0.29) is 18.1 Å². The summed E-state index contributed by atoms with van der Waals surface area (Å²) in [5.74, 6) is 0.453. The minimum atomic E-state index is -0.249. The van der Waals surface area contributed by atoms with Gasteiger partial charge in [-0.3, -0.25) is 10.1 Å². The molecular formula is C10H19NO3. The molecule has 0 aromatic rings. The van der Waals surface area contributed by atoms with Crippen LogP contribution in [0.1, 0.15) is 19.8 Å². The molecule has 0 aliphatic heterocycles. The molecule has 1 saturated carbocycles. The normalized spacial score (nSPS) is 20.2. The van der Waals surface area contributed by atoms with Crippen LogP contribution < -0.4 is 5.32 Å². The SMILES string of the molecule is COCC(N[C@@H](C)C(=O)OC)C1CC1. The summed E-state index contributed by atoms with van der Waals surface area (Å²) in [4.78, 5) is 11.2. The van der Waals surface area contributed by atoms with E-state index < -0.39 is 0 Å². The van der Waals surface area contributed by atoms with E-state index in [1.54, 1.807) is 7.11 Å². The highest BCUT2D eigenvalue weighted by atomic mass is 16.5. The van der Waals surface area contributed by atoms with Crippen LogP contribution in [0.3, 0.4) is 0 Å². The lowest BCUT2D eigenvalue weighted by molar-refractivity contribution is -0.143. The van der Waals surface area contributed by atoms with Crippen LogP contribution in [0, 0.1) is 5.92 Å². The van der Waals surface area contributed by atoms with Gasteiger partial charge < -0.3 is 9.47 Å². The van der Waals surface area contributed by atoms with Crippen molar-refractivity contribution in [3.8, 4) is 0 Å². The summed E-state index contributed by atoms with van der Waals surface area (Å²) < 4.78 is 9.75. The molecule has 0 aromatic heterocycles. The highest BCUT2D eigenvalue weighted by Gasteiger charge is 2.32. The zero-order valence-corrected chi connectivity index (χ0v) is 9.08. The van der Waals surface area contributed by atoms with Gasteiger partial charge in [0.05, 0.1) is 13.7 Å². The quantitative estimate of drug-likeness (QED) is 0.638. The predicted octanol–water partition coefficient (Wildman–Crippen LogP) is 0.562. The molecule has 1 fully saturated rings. The Morgan fingerprint density at radius 2 is 2.14 bits per heavy atom. The predicted molar refractivity (Wildman–Crippen MR) is 53.0 cm³/mol. The van der Waals surface area contributed by atoms with E-state index in [4.69, 9.17) is 4.74 Å². The number of esters is 1. The van der Waals surface area contributed by atoms with Crippen molar-refractivity contribution in [2.75, 3.05) is 20.8 Å². The zero-order valence-electron chi connectivity index (χ0n) is 9.08. The summed E-state index contributed by atoms with van der Waals surface area (Å²) in [5.41, 5.74) is 0. The van der Waals surface area contributed by atoms with Crippen molar-refractivity contribution >= 4 is 5.97 Å². The molecule has 1 rings (SSSR count). The minimum absolute atomic E-state index is 0.216. The van der Waals surface area contributed by atoms with Gasteiger partial charge in [0.15, 0.2) is 0 Å². The van der Waals surface area contributed by atoms with Crippen LogP contribution in [0.5, 0.6) is 0 Å². The molecule has 1 unspecified atom stereocenters. The highest BCUT2D eigenvalue weighted by Crippen LogP contribution is 2.32. The fraction of sp³-hybridized carbons (Fsp3) is 0.900. The molecule has 82 valence electrons. The number of methoxy groups -OCH3 is 2. The van der Waals surface area contributed by atoms with Gasteiger partial charge in [-0.1, -0.05) is 0 Å². The maximum atomic E-state index is 11.2. The van der Waals surface area contributed by atoms with Gasteiger partial charge in [-0.2, -0.15) is 0 Å². The van der Waals surface area contributed by atoms with E-state index in [0.29, 0.717) is 12.5 Å². The number of hydrogen-bond acceptors (Lipinski definition) is 4. The largest absolute Gasteiger partial charge is 0.468 e. The van der Waals surface area contributed by atoms with Crippen molar-refractivity contribution in [1.82, 2.24) is 5.32 Å². The number of ether oxygens (including phenoxy) is 2. The van der Waals surface area contributed by atoms with Crippen LogP contribution in [0.4, 0.5) is 0 Å². The van der Waals surface area contributed by atoms with Gasteiger partial charge in [0.1, 0.15) is 6.04 Å². The average Bonchev–Trinajstić information content (AvgIpc) is 2.99. The molecule has 1 aliphatic carbocycles. The number of rotatable bonds is 6. The van der Waals surface area contributed by atoms with Gasteiger partial charge >= 0.3 is 5.97 Å². The molecule has 0 heterocycles. The fourth-order valence-corrected chi connectivity index (χ4v) is 1.56. The lowest BCUT2D eigenvalue weighted by atomic mass is 10.1. The Bertz CT molecular complexity index is 192. The Morgan fingerprint density at radius 1 is 1.50 bits per heavy atom. The Kier molecular flexibility index (Phi) is 4.35. The second-order valence-electron chi connectivity index (χ2n) is 3.81. The Morgan fingerprint density at radius 3 is 2.57 bits per heavy atom. The smallest absolute Gasteiger partial charge is 0.322 e. The van der Waals surface area contributed by atoms with Crippen LogP contribution in [0.2, 0.25) is 0 Å². The number of hydrogen-bond donors (Lipinski definition) is 1. The standard InChI is InChI=1S/C10H19NO3/c1-7(10(12)14-3)11-9(6-13-2)8-4-5-8/h7-9,11H,4-6H2,1-3H3/t7-,9?/m0/s1. The second kappa shape index (κ2) is 5.32. The first-order valence-corrected chi connectivity index (χ1v) is 5.01. The molecule has 14 heavy (non-hydrogen) atoms. The fourth-order valence-electron chi connectivity index (χ4n) is 1.56.